The van der Waals surface area contributed by atoms with E-state index in [0.717, 1.165) is 6.42 Å². The fourth-order valence-corrected chi connectivity index (χ4v) is 2.97. The highest BCUT2D eigenvalue weighted by Crippen LogP contribution is 2.21. The molecule has 0 spiro atoms. The molecule has 1 aromatic rings. The van der Waals surface area contributed by atoms with Gasteiger partial charge in [0.25, 0.3) is 0 Å². The second-order valence-electron chi connectivity index (χ2n) is 4.06. The molecule has 2 rings (SSSR count). The maximum absolute atomic E-state index is 4.44. The minimum absolute atomic E-state index is 0.629. The zero-order valence-corrected chi connectivity index (χ0v) is 10.3. The molecule has 0 amide bonds. The first-order valence-corrected chi connectivity index (χ1v) is 6.82. The predicted octanol–water partition coefficient (Wildman–Crippen LogP) is 2.29. The molecule has 15 heavy (non-hydrogen) atoms. The number of rotatable bonds is 3. The molecule has 1 saturated heterocycles. The summed E-state index contributed by atoms with van der Waals surface area (Å²) >= 11 is 2.05. The number of nitrogens with one attached hydrogen (secondary N) is 1. The van der Waals surface area contributed by atoms with Crippen molar-refractivity contribution < 1.29 is 0 Å². The van der Waals surface area contributed by atoms with E-state index >= 15 is 0 Å². The lowest BCUT2D eigenvalue weighted by molar-refractivity contribution is 0.666. The van der Waals surface area contributed by atoms with Gasteiger partial charge in [-0.05, 0) is 25.0 Å². The van der Waals surface area contributed by atoms with Crippen molar-refractivity contribution in [3.05, 3.63) is 11.8 Å². The number of nitrogens with zero attached hydrogens (tertiary/aromatic N) is 2. The number of anilines is 1. The molecule has 1 atom stereocenters. The van der Waals surface area contributed by atoms with Crippen molar-refractivity contribution in [1.82, 2.24) is 9.78 Å². The smallest absolute Gasteiger partial charge is 0.124 e. The van der Waals surface area contributed by atoms with Crippen LogP contribution in [0.15, 0.2) is 6.07 Å². The van der Waals surface area contributed by atoms with Crippen LogP contribution in [-0.4, -0.2) is 27.3 Å². The Balaban J connectivity index is 1.99. The van der Waals surface area contributed by atoms with Gasteiger partial charge in [-0.3, -0.25) is 4.68 Å². The number of thioether (sulfide) groups is 1. The number of aromatic nitrogens is 2. The van der Waals surface area contributed by atoms with Crippen molar-refractivity contribution >= 4 is 17.6 Å². The first-order valence-electron chi connectivity index (χ1n) is 5.66. The summed E-state index contributed by atoms with van der Waals surface area (Å²) in [6, 6.07) is 2.79. The molecule has 3 nitrogen and oxygen atoms in total. The predicted molar refractivity (Wildman–Crippen MR) is 66.6 cm³/mol. The monoisotopic (exact) mass is 225 g/mol. The summed E-state index contributed by atoms with van der Waals surface area (Å²) in [5.41, 5.74) is 1.17. The Morgan fingerprint density at radius 3 is 3.13 bits per heavy atom. The van der Waals surface area contributed by atoms with E-state index in [0.29, 0.717) is 6.04 Å². The molecule has 1 aromatic heterocycles. The molecular formula is C11H19N3S. The third-order valence-corrected chi connectivity index (χ3v) is 4.02. The molecular weight excluding hydrogens is 206 g/mol. The largest absolute Gasteiger partial charge is 0.367 e. The Bertz CT molecular complexity index is 316. The van der Waals surface area contributed by atoms with E-state index in [9.17, 15) is 0 Å². The molecule has 0 aromatic carbocycles. The van der Waals surface area contributed by atoms with Crippen LogP contribution < -0.4 is 5.32 Å². The second-order valence-corrected chi connectivity index (χ2v) is 5.21. The molecule has 1 aliphatic rings. The topological polar surface area (TPSA) is 29.9 Å². The molecule has 4 heteroatoms. The van der Waals surface area contributed by atoms with Crippen molar-refractivity contribution in [3.63, 3.8) is 0 Å². The van der Waals surface area contributed by atoms with Crippen LogP contribution in [0.2, 0.25) is 0 Å². The number of hydrogen-bond donors (Lipinski definition) is 1. The lowest BCUT2D eigenvalue weighted by Gasteiger charge is -2.23. The standard InChI is InChI=1S/C11H19N3S/c1-3-9-7-11(14(2)13-9)12-10-5-4-6-15-8-10/h7,10,12H,3-6,8H2,1-2H3. The molecule has 1 aliphatic heterocycles. The third kappa shape index (κ3) is 2.68. The first kappa shape index (κ1) is 10.9. The Morgan fingerprint density at radius 1 is 1.67 bits per heavy atom. The molecule has 1 unspecified atom stereocenters. The first-order chi connectivity index (χ1) is 7.29. The zero-order chi connectivity index (χ0) is 10.7. The minimum atomic E-state index is 0.629. The maximum atomic E-state index is 4.44. The van der Waals surface area contributed by atoms with Gasteiger partial charge in [-0.1, -0.05) is 6.92 Å². The highest BCUT2D eigenvalue weighted by Gasteiger charge is 2.15. The Morgan fingerprint density at radius 2 is 2.53 bits per heavy atom. The Kier molecular flexibility index (Phi) is 3.57. The molecule has 0 saturated carbocycles. The summed E-state index contributed by atoms with van der Waals surface area (Å²) < 4.78 is 1.96. The molecule has 0 aliphatic carbocycles. The van der Waals surface area contributed by atoms with Gasteiger partial charge in [0.15, 0.2) is 0 Å². The summed E-state index contributed by atoms with van der Waals surface area (Å²) in [6.45, 7) is 2.14. The van der Waals surface area contributed by atoms with E-state index in [1.165, 1.54) is 35.9 Å². The SMILES string of the molecule is CCc1cc(NC2CCCSC2)n(C)n1. The number of aryl methyl sites for hydroxylation is 2. The van der Waals surface area contributed by atoms with E-state index in [4.69, 9.17) is 0 Å². The molecule has 1 N–H and O–H groups in total. The van der Waals surface area contributed by atoms with Crippen LogP contribution in [0.1, 0.15) is 25.5 Å². The van der Waals surface area contributed by atoms with Gasteiger partial charge >= 0.3 is 0 Å². The second kappa shape index (κ2) is 4.92. The van der Waals surface area contributed by atoms with Crippen molar-refractivity contribution in [3.8, 4) is 0 Å². The van der Waals surface area contributed by atoms with Gasteiger partial charge < -0.3 is 5.32 Å². The fourth-order valence-electron chi connectivity index (χ4n) is 1.90. The normalized spacial score (nSPS) is 21.6. The van der Waals surface area contributed by atoms with E-state index in [1.807, 2.05) is 23.5 Å². The highest BCUT2D eigenvalue weighted by atomic mass is 32.2. The van der Waals surface area contributed by atoms with Crippen LogP contribution >= 0.6 is 11.8 Å². The summed E-state index contributed by atoms with van der Waals surface area (Å²) in [5.74, 6) is 3.72. The fraction of sp³-hybridized carbons (Fsp3) is 0.727. The van der Waals surface area contributed by atoms with Crippen molar-refractivity contribution in [2.75, 3.05) is 16.8 Å². The van der Waals surface area contributed by atoms with Crippen LogP contribution in [0, 0.1) is 0 Å². The van der Waals surface area contributed by atoms with Crippen molar-refractivity contribution in [1.29, 1.82) is 0 Å². The molecule has 1 fully saturated rings. The molecule has 0 radical (unpaired) electrons. The molecule has 2 heterocycles. The van der Waals surface area contributed by atoms with Crippen molar-refractivity contribution in [2.24, 2.45) is 7.05 Å². The highest BCUT2D eigenvalue weighted by molar-refractivity contribution is 7.99. The van der Waals surface area contributed by atoms with Gasteiger partial charge in [0.05, 0.1) is 5.69 Å². The summed E-state index contributed by atoms with van der Waals surface area (Å²) in [5, 5.41) is 8.03. The van der Waals surface area contributed by atoms with Gasteiger partial charge in [0.1, 0.15) is 5.82 Å². The molecule has 84 valence electrons. The maximum Gasteiger partial charge on any atom is 0.124 e. The lowest BCUT2D eigenvalue weighted by Crippen LogP contribution is -2.26. The van der Waals surface area contributed by atoms with Gasteiger partial charge in [0.2, 0.25) is 0 Å². The average molecular weight is 225 g/mol. The van der Waals surface area contributed by atoms with Gasteiger partial charge in [-0.2, -0.15) is 16.9 Å². The van der Waals surface area contributed by atoms with E-state index in [-0.39, 0.29) is 0 Å². The van der Waals surface area contributed by atoms with Crippen molar-refractivity contribution in [2.45, 2.75) is 32.2 Å². The van der Waals surface area contributed by atoms with Crippen LogP contribution in [0.5, 0.6) is 0 Å². The summed E-state index contributed by atoms with van der Waals surface area (Å²) in [6.07, 6.45) is 3.63. The quantitative estimate of drug-likeness (QED) is 0.856. The van der Waals surface area contributed by atoms with Gasteiger partial charge in [-0.25, -0.2) is 0 Å². The van der Waals surface area contributed by atoms with E-state index in [1.54, 1.807) is 0 Å². The van der Waals surface area contributed by atoms with Crippen LogP contribution in [0.25, 0.3) is 0 Å². The molecule has 0 bridgehead atoms. The summed E-state index contributed by atoms with van der Waals surface area (Å²) in [7, 11) is 2.01. The average Bonchev–Trinajstić information content (AvgIpc) is 2.61. The summed E-state index contributed by atoms with van der Waals surface area (Å²) in [4.78, 5) is 0. The Hall–Kier alpha value is -0.640. The lowest BCUT2D eigenvalue weighted by atomic mass is 10.2. The number of hydrogen-bond acceptors (Lipinski definition) is 3. The van der Waals surface area contributed by atoms with Crippen LogP contribution in [0.3, 0.4) is 0 Å². The minimum Gasteiger partial charge on any atom is -0.367 e. The van der Waals surface area contributed by atoms with Gasteiger partial charge in [0, 0.05) is 24.9 Å². The van der Waals surface area contributed by atoms with Gasteiger partial charge in [-0.15, -0.1) is 0 Å². The zero-order valence-electron chi connectivity index (χ0n) is 9.49. The van der Waals surface area contributed by atoms with E-state index in [2.05, 4.69) is 23.4 Å². The van der Waals surface area contributed by atoms with E-state index < -0.39 is 0 Å². The third-order valence-electron chi connectivity index (χ3n) is 2.80. The van der Waals surface area contributed by atoms with Crippen LogP contribution in [0.4, 0.5) is 5.82 Å². The van der Waals surface area contributed by atoms with Crippen LogP contribution in [-0.2, 0) is 13.5 Å². The Labute approximate surface area is 95.6 Å².